The molecule has 0 atom stereocenters. The molecule has 9 heteroatoms. The molecule has 5 rings (SSSR count). The summed E-state index contributed by atoms with van der Waals surface area (Å²) in [6.45, 7) is 7.92. The molecular weight excluding hydrogens is 410 g/mol. The standard InChI is InChI=1S/C23H29N5O4/c1-15-12-20-18(13-17(15)22(29)24-4-5-27-6-10-32-11-7-27)21-19(23(30)26-20)14-25-28(21)16-2-8-31-9-3-16/h12-14,16H,2-11H2,1H3,(H,24,29)(H,26,30). The second-order valence-corrected chi connectivity index (χ2v) is 8.57. The van der Waals surface area contributed by atoms with E-state index in [9.17, 15) is 9.59 Å². The molecule has 2 aliphatic rings. The Morgan fingerprint density at radius 2 is 1.91 bits per heavy atom. The van der Waals surface area contributed by atoms with E-state index in [0.717, 1.165) is 67.7 Å². The molecule has 2 fully saturated rings. The average molecular weight is 440 g/mol. The summed E-state index contributed by atoms with van der Waals surface area (Å²) in [5, 5.41) is 8.99. The zero-order chi connectivity index (χ0) is 22.1. The number of ether oxygens (including phenoxy) is 2. The highest BCUT2D eigenvalue weighted by atomic mass is 16.5. The molecular formula is C23H29N5O4. The lowest BCUT2D eigenvalue weighted by atomic mass is 10.0. The van der Waals surface area contributed by atoms with Crippen molar-refractivity contribution >= 4 is 27.7 Å². The molecule has 0 radical (unpaired) electrons. The number of fused-ring (bicyclic) bond motifs is 3. The van der Waals surface area contributed by atoms with E-state index in [0.29, 0.717) is 30.7 Å². The van der Waals surface area contributed by atoms with Crippen LogP contribution in [0.4, 0.5) is 0 Å². The van der Waals surface area contributed by atoms with Crippen LogP contribution in [0.15, 0.2) is 23.1 Å². The molecule has 2 aromatic heterocycles. The third-order valence-corrected chi connectivity index (χ3v) is 6.51. The van der Waals surface area contributed by atoms with Crippen molar-refractivity contribution in [3.8, 4) is 0 Å². The lowest BCUT2D eigenvalue weighted by Gasteiger charge is -2.26. The number of nitrogens with one attached hydrogen (secondary N) is 2. The second-order valence-electron chi connectivity index (χ2n) is 8.57. The summed E-state index contributed by atoms with van der Waals surface area (Å²) in [5.41, 5.74) is 2.80. The quantitative estimate of drug-likeness (QED) is 0.626. The van der Waals surface area contributed by atoms with E-state index in [-0.39, 0.29) is 17.5 Å². The van der Waals surface area contributed by atoms with E-state index >= 15 is 0 Å². The molecule has 0 aliphatic carbocycles. The molecule has 32 heavy (non-hydrogen) atoms. The van der Waals surface area contributed by atoms with Crippen molar-refractivity contribution in [2.75, 3.05) is 52.6 Å². The molecule has 3 aromatic rings. The summed E-state index contributed by atoms with van der Waals surface area (Å²) in [4.78, 5) is 30.9. The van der Waals surface area contributed by atoms with E-state index in [1.54, 1.807) is 6.20 Å². The number of hydrogen-bond acceptors (Lipinski definition) is 6. The first kappa shape index (κ1) is 21.1. The maximum absolute atomic E-state index is 13.0. The van der Waals surface area contributed by atoms with E-state index in [1.165, 1.54) is 0 Å². The van der Waals surface area contributed by atoms with Gasteiger partial charge in [0, 0.05) is 50.3 Å². The largest absolute Gasteiger partial charge is 0.381 e. The van der Waals surface area contributed by atoms with Crippen molar-refractivity contribution < 1.29 is 14.3 Å². The van der Waals surface area contributed by atoms with E-state index in [4.69, 9.17) is 9.47 Å². The predicted molar refractivity (Wildman–Crippen MR) is 121 cm³/mol. The van der Waals surface area contributed by atoms with Gasteiger partial charge in [0.2, 0.25) is 0 Å². The minimum Gasteiger partial charge on any atom is -0.381 e. The van der Waals surface area contributed by atoms with E-state index in [1.807, 2.05) is 23.7 Å². The van der Waals surface area contributed by atoms with Gasteiger partial charge in [-0.15, -0.1) is 0 Å². The molecule has 1 aromatic carbocycles. The Morgan fingerprint density at radius 1 is 1.16 bits per heavy atom. The van der Waals surface area contributed by atoms with Gasteiger partial charge in [0.05, 0.1) is 41.9 Å². The fourth-order valence-corrected chi connectivity index (χ4v) is 4.69. The first-order chi connectivity index (χ1) is 15.6. The minimum atomic E-state index is -0.159. The zero-order valence-corrected chi connectivity index (χ0v) is 18.4. The molecule has 1 amide bonds. The SMILES string of the molecule is Cc1cc2[nH]c(=O)c3cnn(C4CCOCC4)c3c2cc1C(=O)NCCN1CCOCC1. The highest BCUT2D eigenvalue weighted by Crippen LogP contribution is 2.29. The molecule has 2 aliphatic heterocycles. The molecule has 0 spiro atoms. The van der Waals surface area contributed by atoms with Gasteiger partial charge in [-0.05, 0) is 37.5 Å². The number of carbonyl (C=O) groups is 1. The van der Waals surface area contributed by atoms with Crippen LogP contribution in [-0.2, 0) is 9.47 Å². The number of aromatic amines is 1. The van der Waals surface area contributed by atoms with Gasteiger partial charge < -0.3 is 19.8 Å². The third kappa shape index (κ3) is 4.03. The lowest BCUT2D eigenvalue weighted by molar-refractivity contribution is 0.0383. The molecule has 0 saturated carbocycles. The van der Waals surface area contributed by atoms with Crippen LogP contribution >= 0.6 is 0 Å². The Morgan fingerprint density at radius 3 is 2.69 bits per heavy atom. The monoisotopic (exact) mass is 439 g/mol. The number of rotatable bonds is 5. The van der Waals surface area contributed by atoms with Gasteiger partial charge in [0.15, 0.2) is 0 Å². The molecule has 0 bridgehead atoms. The number of nitrogens with zero attached hydrogens (tertiary/aromatic N) is 3. The maximum Gasteiger partial charge on any atom is 0.259 e. The molecule has 9 nitrogen and oxygen atoms in total. The van der Waals surface area contributed by atoms with Crippen LogP contribution in [0.25, 0.3) is 21.8 Å². The summed E-state index contributed by atoms with van der Waals surface area (Å²) >= 11 is 0. The third-order valence-electron chi connectivity index (χ3n) is 6.51. The number of H-pyrrole nitrogens is 1. The molecule has 4 heterocycles. The first-order valence-corrected chi connectivity index (χ1v) is 11.3. The van der Waals surface area contributed by atoms with Crippen molar-refractivity contribution in [2.45, 2.75) is 25.8 Å². The number of amides is 1. The fraction of sp³-hybridized carbons (Fsp3) is 0.522. The Hall–Kier alpha value is -2.75. The summed E-state index contributed by atoms with van der Waals surface area (Å²) in [6, 6.07) is 3.96. The molecule has 2 N–H and O–H groups in total. The summed E-state index contributed by atoms with van der Waals surface area (Å²) < 4.78 is 12.8. The predicted octanol–water partition coefficient (Wildman–Crippen LogP) is 1.60. The van der Waals surface area contributed by atoms with Crippen LogP contribution in [0.3, 0.4) is 0 Å². The van der Waals surface area contributed by atoms with Crippen molar-refractivity contribution in [3.05, 3.63) is 39.8 Å². The van der Waals surface area contributed by atoms with Gasteiger partial charge >= 0.3 is 0 Å². The normalized spacial score (nSPS) is 18.4. The van der Waals surface area contributed by atoms with Gasteiger partial charge in [-0.3, -0.25) is 19.2 Å². The number of carbonyl (C=O) groups excluding carboxylic acids is 1. The van der Waals surface area contributed by atoms with Crippen LogP contribution < -0.4 is 10.9 Å². The Balaban J connectivity index is 1.47. The van der Waals surface area contributed by atoms with Crippen LogP contribution in [0.2, 0.25) is 0 Å². The highest BCUT2D eigenvalue weighted by Gasteiger charge is 2.22. The molecule has 170 valence electrons. The smallest absolute Gasteiger partial charge is 0.259 e. The Kier molecular flexibility index (Phi) is 5.95. The number of morpholine rings is 1. The lowest BCUT2D eigenvalue weighted by Crippen LogP contribution is -2.41. The van der Waals surface area contributed by atoms with E-state index < -0.39 is 0 Å². The fourth-order valence-electron chi connectivity index (χ4n) is 4.69. The Labute approximate surface area is 185 Å². The maximum atomic E-state index is 13.0. The van der Waals surface area contributed by atoms with Crippen molar-refractivity contribution in [1.82, 2.24) is 25.0 Å². The van der Waals surface area contributed by atoms with Crippen molar-refractivity contribution in [1.29, 1.82) is 0 Å². The summed E-state index contributed by atoms with van der Waals surface area (Å²) in [7, 11) is 0. The van der Waals surface area contributed by atoms with Gasteiger partial charge in [0.1, 0.15) is 0 Å². The van der Waals surface area contributed by atoms with Gasteiger partial charge in [-0.1, -0.05) is 0 Å². The molecule has 0 unspecified atom stereocenters. The van der Waals surface area contributed by atoms with E-state index in [2.05, 4.69) is 20.3 Å². The van der Waals surface area contributed by atoms with Crippen molar-refractivity contribution in [2.24, 2.45) is 0 Å². The zero-order valence-electron chi connectivity index (χ0n) is 18.4. The number of aromatic nitrogens is 3. The van der Waals surface area contributed by atoms with Gasteiger partial charge in [-0.2, -0.15) is 5.10 Å². The number of hydrogen-bond donors (Lipinski definition) is 2. The Bertz CT molecular complexity index is 1190. The van der Waals surface area contributed by atoms with Crippen LogP contribution in [0.1, 0.15) is 34.8 Å². The second kappa shape index (κ2) is 9.01. The highest BCUT2D eigenvalue weighted by molar-refractivity contribution is 6.07. The number of pyridine rings is 1. The van der Waals surface area contributed by atoms with Crippen LogP contribution in [0.5, 0.6) is 0 Å². The first-order valence-electron chi connectivity index (χ1n) is 11.3. The van der Waals surface area contributed by atoms with Gasteiger partial charge in [0.25, 0.3) is 11.5 Å². The summed E-state index contributed by atoms with van der Waals surface area (Å²) in [6.07, 6.45) is 3.34. The summed E-state index contributed by atoms with van der Waals surface area (Å²) in [5.74, 6) is -0.103. The minimum absolute atomic E-state index is 0.103. The number of benzene rings is 1. The van der Waals surface area contributed by atoms with Crippen molar-refractivity contribution in [3.63, 3.8) is 0 Å². The van der Waals surface area contributed by atoms with Crippen LogP contribution in [0, 0.1) is 6.92 Å². The topological polar surface area (TPSA) is 101 Å². The molecule has 2 saturated heterocycles. The number of aryl methyl sites for hydroxylation is 1. The van der Waals surface area contributed by atoms with Crippen LogP contribution in [-0.4, -0.2) is 78.2 Å². The van der Waals surface area contributed by atoms with Gasteiger partial charge in [-0.25, -0.2) is 0 Å². The average Bonchev–Trinajstić information content (AvgIpc) is 3.26.